The minimum absolute atomic E-state index is 0.0148. The van der Waals surface area contributed by atoms with E-state index in [1.165, 1.54) is 6.92 Å². The van der Waals surface area contributed by atoms with Crippen LogP contribution in [0.4, 0.5) is 0 Å². The Bertz CT molecular complexity index is 418. The van der Waals surface area contributed by atoms with Gasteiger partial charge < -0.3 is 10.4 Å². The smallest absolute Gasteiger partial charge is 0.351 e. The van der Waals surface area contributed by atoms with Gasteiger partial charge in [0.15, 0.2) is 5.78 Å². The molecule has 2 aliphatic rings. The summed E-state index contributed by atoms with van der Waals surface area (Å²) < 4.78 is 0. The van der Waals surface area contributed by atoms with E-state index in [1.54, 1.807) is 18.2 Å². The molecule has 1 heterocycles. The summed E-state index contributed by atoms with van der Waals surface area (Å²) in [5.41, 5.74) is 0.829. The van der Waals surface area contributed by atoms with Crippen LogP contribution in [0, 0.1) is 5.92 Å². The molecule has 0 fully saturated rings. The Balaban J connectivity index is 2.32. The van der Waals surface area contributed by atoms with Crippen LogP contribution < -0.4 is 5.32 Å². The zero-order valence-electron chi connectivity index (χ0n) is 8.23. The molecular formula is C11H11NO3. The number of carbonyl (C=O) groups excluding carboxylic acids is 1. The number of carboxylic acid groups (broad SMARTS) is 1. The highest BCUT2D eigenvalue weighted by molar-refractivity contribution is 5.96. The van der Waals surface area contributed by atoms with Crippen LogP contribution in [0.15, 0.2) is 35.6 Å². The predicted molar refractivity (Wildman–Crippen MR) is 54.0 cm³/mol. The van der Waals surface area contributed by atoms with Crippen molar-refractivity contribution in [3.8, 4) is 0 Å². The third kappa shape index (κ3) is 1.58. The number of hydrogen-bond donors (Lipinski definition) is 2. The Hall–Kier alpha value is -1.84. The molecule has 0 amide bonds. The number of fused-ring (bicyclic) bond motifs is 1. The van der Waals surface area contributed by atoms with E-state index in [-0.39, 0.29) is 23.4 Å². The molecule has 2 unspecified atom stereocenters. The van der Waals surface area contributed by atoms with Crippen molar-refractivity contribution in [3.63, 3.8) is 0 Å². The first-order valence-electron chi connectivity index (χ1n) is 4.70. The molecule has 2 rings (SSSR count). The lowest BCUT2D eigenvalue weighted by Gasteiger charge is -2.20. The molecule has 2 atom stereocenters. The van der Waals surface area contributed by atoms with E-state index < -0.39 is 5.97 Å². The molecule has 0 bridgehead atoms. The number of rotatable bonds is 2. The van der Waals surface area contributed by atoms with Crippen LogP contribution in [0.5, 0.6) is 0 Å². The number of carboxylic acids is 1. The maximum atomic E-state index is 11.3. The average molecular weight is 205 g/mol. The highest BCUT2D eigenvalue weighted by Gasteiger charge is 2.33. The Morgan fingerprint density at radius 2 is 2.20 bits per heavy atom. The van der Waals surface area contributed by atoms with Gasteiger partial charge in [-0.2, -0.15) is 0 Å². The van der Waals surface area contributed by atoms with Gasteiger partial charge in [0.1, 0.15) is 5.70 Å². The van der Waals surface area contributed by atoms with Crippen LogP contribution in [0.25, 0.3) is 0 Å². The van der Waals surface area contributed by atoms with Gasteiger partial charge in [-0.05, 0) is 13.0 Å². The molecule has 1 aliphatic heterocycles. The number of aliphatic carboxylic acids is 1. The van der Waals surface area contributed by atoms with Crippen molar-refractivity contribution in [2.24, 2.45) is 5.92 Å². The summed E-state index contributed by atoms with van der Waals surface area (Å²) in [5, 5.41) is 11.7. The predicted octanol–water partition coefficient (Wildman–Crippen LogP) is 0.628. The number of carbonyl (C=O) groups is 2. The Morgan fingerprint density at radius 3 is 2.80 bits per heavy atom. The summed E-state index contributed by atoms with van der Waals surface area (Å²) in [6, 6.07) is -0.0972. The molecule has 2 N–H and O–H groups in total. The van der Waals surface area contributed by atoms with Crippen molar-refractivity contribution in [3.05, 3.63) is 35.6 Å². The molecule has 4 heteroatoms. The summed E-state index contributed by atoms with van der Waals surface area (Å²) in [4.78, 5) is 22.1. The maximum absolute atomic E-state index is 11.3. The average Bonchev–Trinajstić information content (AvgIpc) is 2.60. The SMILES string of the molecule is CC(=O)C1=CC=CC2NC(C(=O)O)=CC12. The van der Waals surface area contributed by atoms with Crippen LogP contribution >= 0.6 is 0 Å². The summed E-state index contributed by atoms with van der Waals surface area (Å²) in [5.74, 6) is -1.14. The molecule has 0 aromatic carbocycles. The van der Waals surface area contributed by atoms with Gasteiger partial charge in [0.05, 0.1) is 6.04 Å². The van der Waals surface area contributed by atoms with Gasteiger partial charge in [0.2, 0.25) is 0 Å². The molecule has 78 valence electrons. The third-order valence-electron chi connectivity index (χ3n) is 2.65. The van der Waals surface area contributed by atoms with E-state index in [4.69, 9.17) is 5.11 Å². The molecule has 0 aromatic rings. The fourth-order valence-electron chi connectivity index (χ4n) is 1.93. The lowest BCUT2D eigenvalue weighted by atomic mass is 9.87. The van der Waals surface area contributed by atoms with E-state index in [0.717, 1.165) is 0 Å². The molecule has 0 radical (unpaired) electrons. The zero-order chi connectivity index (χ0) is 11.0. The van der Waals surface area contributed by atoms with Crippen LogP contribution in [0.2, 0.25) is 0 Å². The third-order valence-corrected chi connectivity index (χ3v) is 2.65. The Labute approximate surface area is 87.0 Å². The normalized spacial score (nSPS) is 27.5. The van der Waals surface area contributed by atoms with E-state index in [2.05, 4.69) is 5.32 Å². The van der Waals surface area contributed by atoms with Gasteiger partial charge in [-0.3, -0.25) is 4.79 Å². The van der Waals surface area contributed by atoms with E-state index in [0.29, 0.717) is 5.57 Å². The highest BCUT2D eigenvalue weighted by atomic mass is 16.4. The second kappa shape index (κ2) is 3.38. The molecule has 0 aromatic heterocycles. The van der Waals surface area contributed by atoms with Crippen molar-refractivity contribution in [1.29, 1.82) is 0 Å². The van der Waals surface area contributed by atoms with Gasteiger partial charge in [-0.25, -0.2) is 4.79 Å². The molecule has 0 saturated carbocycles. The monoisotopic (exact) mass is 205 g/mol. The van der Waals surface area contributed by atoms with Crippen molar-refractivity contribution >= 4 is 11.8 Å². The minimum Gasteiger partial charge on any atom is -0.477 e. The lowest BCUT2D eigenvalue weighted by molar-refractivity contribution is -0.133. The van der Waals surface area contributed by atoms with Crippen molar-refractivity contribution in [2.75, 3.05) is 0 Å². The second-order valence-electron chi connectivity index (χ2n) is 3.64. The van der Waals surface area contributed by atoms with Gasteiger partial charge in [-0.15, -0.1) is 0 Å². The molecule has 0 saturated heterocycles. The summed E-state index contributed by atoms with van der Waals surface area (Å²) in [6.45, 7) is 1.49. The minimum atomic E-state index is -0.985. The van der Waals surface area contributed by atoms with Crippen LogP contribution in [-0.2, 0) is 9.59 Å². The standard InChI is InChI=1S/C11H11NO3/c1-6(13)7-3-2-4-9-8(7)5-10(12-9)11(14)15/h2-5,8-9,12H,1H3,(H,14,15). The summed E-state index contributed by atoms with van der Waals surface area (Å²) >= 11 is 0. The number of allylic oxidation sites excluding steroid dienone is 2. The van der Waals surface area contributed by atoms with Gasteiger partial charge in [-0.1, -0.05) is 18.2 Å². The molecule has 1 aliphatic carbocycles. The Kier molecular flexibility index (Phi) is 2.19. The number of nitrogens with one attached hydrogen (secondary N) is 1. The lowest BCUT2D eigenvalue weighted by Crippen LogP contribution is -2.31. The van der Waals surface area contributed by atoms with Gasteiger partial charge in [0, 0.05) is 11.5 Å². The topological polar surface area (TPSA) is 66.4 Å². The van der Waals surface area contributed by atoms with Crippen molar-refractivity contribution in [1.82, 2.24) is 5.32 Å². The number of ketones is 1. The zero-order valence-corrected chi connectivity index (χ0v) is 8.23. The Morgan fingerprint density at radius 1 is 1.47 bits per heavy atom. The van der Waals surface area contributed by atoms with E-state index >= 15 is 0 Å². The molecule has 15 heavy (non-hydrogen) atoms. The van der Waals surface area contributed by atoms with Gasteiger partial charge in [0.25, 0.3) is 0 Å². The van der Waals surface area contributed by atoms with Crippen molar-refractivity contribution in [2.45, 2.75) is 13.0 Å². The largest absolute Gasteiger partial charge is 0.477 e. The van der Waals surface area contributed by atoms with Gasteiger partial charge >= 0.3 is 5.97 Å². The van der Waals surface area contributed by atoms with Crippen LogP contribution in [-0.4, -0.2) is 22.9 Å². The second-order valence-corrected chi connectivity index (χ2v) is 3.64. The fraction of sp³-hybridized carbons (Fsp3) is 0.273. The number of Topliss-reactive ketones (excluding diaryl/α,β-unsaturated/α-hetero) is 1. The summed E-state index contributed by atoms with van der Waals surface area (Å²) in [6.07, 6.45) is 6.99. The van der Waals surface area contributed by atoms with Crippen LogP contribution in [0.3, 0.4) is 0 Å². The van der Waals surface area contributed by atoms with Crippen molar-refractivity contribution < 1.29 is 14.7 Å². The molecule has 0 spiro atoms. The van der Waals surface area contributed by atoms with E-state index in [9.17, 15) is 9.59 Å². The first-order valence-corrected chi connectivity index (χ1v) is 4.70. The first-order chi connectivity index (χ1) is 7.09. The highest BCUT2D eigenvalue weighted by Crippen LogP contribution is 2.29. The maximum Gasteiger partial charge on any atom is 0.351 e. The quantitative estimate of drug-likeness (QED) is 0.693. The molecular weight excluding hydrogens is 194 g/mol. The molecule has 4 nitrogen and oxygen atoms in total. The number of hydrogen-bond acceptors (Lipinski definition) is 3. The van der Waals surface area contributed by atoms with E-state index in [1.807, 2.05) is 6.08 Å². The van der Waals surface area contributed by atoms with Crippen LogP contribution in [0.1, 0.15) is 6.92 Å². The summed E-state index contributed by atoms with van der Waals surface area (Å²) in [7, 11) is 0. The first kappa shape index (κ1) is 9.71. The fourth-order valence-corrected chi connectivity index (χ4v) is 1.93.